The molecule has 0 atom stereocenters. The number of nitrogens with zero attached hydrogens (tertiary/aromatic N) is 1. The number of methoxy groups -OCH3 is 1. The van der Waals surface area contributed by atoms with Crippen LogP contribution in [-0.2, 0) is 9.53 Å². The molecule has 1 aromatic carbocycles. The largest absolute Gasteiger partial charge is 0.495 e. The summed E-state index contributed by atoms with van der Waals surface area (Å²) < 4.78 is 10.5. The second kappa shape index (κ2) is 9.28. The standard InChI is InChI=1S/C19H28ClN3O4/c1-19(2,3)27-18(25)21-14-7-9-23(10-8-14)12-17(24)22-15-11-13(20)5-6-16(15)26-4/h5-6,11,14H,7-10,12H2,1-4H3,(H,21,25)(H,22,24). The maximum absolute atomic E-state index is 12.3. The third-order valence-electron chi connectivity index (χ3n) is 4.11. The van der Waals surface area contributed by atoms with Crippen molar-refractivity contribution in [3.8, 4) is 5.75 Å². The molecule has 1 aliphatic heterocycles. The summed E-state index contributed by atoms with van der Waals surface area (Å²) in [6.45, 7) is 7.23. The summed E-state index contributed by atoms with van der Waals surface area (Å²) in [5.41, 5.74) is 0.0426. The van der Waals surface area contributed by atoms with E-state index in [0.29, 0.717) is 16.5 Å². The zero-order valence-corrected chi connectivity index (χ0v) is 17.1. The third kappa shape index (κ3) is 7.27. The molecule has 2 N–H and O–H groups in total. The number of benzene rings is 1. The van der Waals surface area contributed by atoms with E-state index in [2.05, 4.69) is 15.5 Å². The molecular weight excluding hydrogens is 370 g/mol. The number of carbonyl (C=O) groups excluding carboxylic acids is 2. The molecule has 7 nitrogen and oxygen atoms in total. The van der Waals surface area contributed by atoms with Gasteiger partial charge in [-0.1, -0.05) is 11.6 Å². The van der Waals surface area contributed by atoms with E-state index >= 15 is 0 Å². The van der Waals surface area contributed by atoms with Crippen LogP contribution in [0.5, 0.6) is 5.75 Å². The van der Waals surface area contributed by atoms with Crippen LogP contribution in [0.1, 0.15) is 33.6 Å². The van der Waals surface area contributed by atoms with Gasteiger partial charge in [0.25, 0.3) is 0 Å². The zero-order valence-electron chi connectivity index (χ0n) is 16.3. The number of halogens is 1. The van der Waals surface area contributed by atoms with E-state index < -0.39 is 11.7 Å². The number of rotatable bonds is 5. The lowest BCUT2D eigenvalue weighted by Gasteiger charge is -2.32. The third-order valence-corrected chi connectivity index (χ3v) is 4.35. The Morgan fingerprint density at radius 1 is 1.26 bits per heavy atom. The fraction of sp³-hybridized carbons (Fsp3) is 0.579. The summed E-state index contributed by atoms with van der Waals surface area (Å²) in [5, 5.41) is 6.26. The van der Waals surface area contributed by atoms with Crippen molar-refractivity contribution in [2.75, 3.05) is 32.1 Å². The van der Waals surface area contributed by atoms with Gasteiger partial charge in [-0.05, 0) is 51.8 Å². The Balaban J connectivity index is 1.78. The minimum absolute atomic E-state index is 0.0622. The molecule has 1 saturated heterocycles. The van der Waals surface area contributed by atoms with Gasteiger partial charge in [-0.3, -0.25) is 9.69 Å². The van der Waals surface area contributed by atoms with Gasteiger partial charge in [-0.25, -0.2) is 4.79 Å². The lowest BCUT2D eigenvalue weighted by atomic mass is 10.1. The number of hydrogen-bond donors (Lipinski definition) is 2. The van der Waals surface area contributed by atoms with Crippen molar-refractivity contribution in [1.29, 1.82) is 0 Å². The number of anilines is 1. The number of nitrogens with one attached hydrogen (secondary N) is 2. The van der Waals surface area contributed by atoms with Gasteiger partial charge < -0.3 is 20.1 Å². The van der Waals surface area contributed by atoms with Crippen LogP contribution in [-0.4, -0.2) is 55.3 Å². The number of piperidine rings is 1. The number of ether oxygens (including phenoxy) is 2. The average molecular weight is 398 g/mol. The molecule has 8 heteroatoms. The van der Waals surface area contributed by atoms with Crippen LogP contribution in [0.25, 0.3) is 0 Å². The molecule has 2 rings (SSSR count). The lowest BCUT2D eigenvalue weighted by molar-refractivity contribution is -0.117. The van der Waals surface area contributed by atoms with Gasteiger partial charge in [0.1, 0.15) is 11.4 Å². The van der Waals surface area contributed by atoms with Crippen molar-refractivity contribution in [1.82, 2.24) is 10.2 Å². The first kappa shape index (κ1) is 21.3. The van der Waals surface area contributed by atoms with Gasteiger partial charge in [0.15, 0.2) is 0 Å². The van der Waals surface area contributed by atoms with E-state index in [1.807, 2.05) is 20.8 Å². The Hall–Kier alpha value is -1.99. The molecule has 0 radical (unpaired) electrons. The minimum atomic E-state index is -0.510. The van der Waals surface area contributed by atoms with Crippen LogP contribution in [0.3, 0.4) is 0 Å². The van der Waals surface area contributed by atoms with E-state index in [1.54, 1.807) is 25.3 Å². The topological polar surface area (TPSA) is 79.9 Å². The normalized spacial score (nSPS) is 15.9. The van der Waals surface area contributed by atoms with Gasteiger partial charge in [0.05, 0.1) is 19.3 Å². The molecule has 0 saturated carbocycles. The van der Waals surface area contributed by atoms with Crippen molar-refractivity contribution in [2.45, 2.75) is 45.3 Å². The number of carbonyl (C=O) groups is 2. The highest BCUT2D eigenvalue weighted by Gasteiger charge is 2.24. The SMILES string of the molecule is COc1ccc(Cl)cc1NC(=O)CN1CCC(NC(=O)OC(C)(C)C)CC1. The predicted octanol–water partition coefficient (Wildman–Crippen LogP) is 3.28. The lowest BCUT2D eigenvalue weighted by Crippen LogP contribution is -2.47. The van der Waals surface area contributed by atoms with Gasteiger partial charge >= 0.3 is 6.09 Å². The van der Waals surface area contributed by atoms with Gasteiger partial charge in [-0.15, -0.1) is 0 Å². The highest BCUT2D eigenvalue weighted by molar-refractivity contribution is 6.31. The van der Waals surface area contributed by atoms with Gasteiger partial charge in [0, 0.05) is 24.2 Å². The Morgan fingerprint density at radius 2 is 1.93 bits per heavy atom. The molecule has 27 heavy (non-hydrogen) atoms. The van der Waals surface area contributed by atoms with Crippen molar-refractivity contribution < 1.29 is 19.1 Å². The Morgan fingerprint density at radius 3 is 2.52 bits per heavy atom. The Labute approximate surface area is 165 Å². The maximum atomic E-state index is 12.3. The van der Waals surface area contributed by atoms with Crippen molar-refractivity contribution in [3.63, 3.8) is 0 Å². The van der Waals surface area contributed by atoms with E-state index in [9.17, 15) is 9.59 Å². The quantitative estimate of drug-likeness (QED) is 0.797. The highest BCUT2D eigenvalue weighted by atomic mass is 35.5. The fourth-order valence-corrected chi connectivity index (χ4v) is 3.05. The smallest absolute Gasteiger partial charge is 0.407 e. The molecule has 0 bridgehead atoms. The summed E-state index contributed by atoms with van der Waals surface area (Å²) in [5.74, 6) is 0.433. The van der Waals surface area contributed by atoms with Crippen LogP contribution >= 0.6 is 11.6 Å². The van der Waals surface area contributed by atoms with Crippen molar-refractivity contribution in [3.05, 3.63) is 23.2 Å². The number of likely N-dealkylation sites (tertiary alicyclic amines) is 1. The molecule has 1 aromatic rings. The van der Waals surface area contributed by atoms with E-state index in [1.165, 1.54) is 0 Å². The number of alkyl carbamates (subject to hydrolysis) is 1. The first-order chi connectivity index (χ1) is 12.7. The summed E-state index contributed by atoms with van der Waals surface area (Å²) in [6.07, 6.45) is 1.15. The second-order valence-electron chi connectivity index (χ2n) is 7.59. The maximum Gasteiger partial charge on any atom is 0.407 e. The monoisotopic (exact) mass is 397 g/mol. The Bertz CT molecular complexity index is 667. The highest BCUT2D eigenvalue weighted by Crippen LogP contribution is 2.27. The summed E-state index contributed by atoms with van der Waals surface area (Å²) in [4.78, 5) is 26.2. The average Bonchev–Trinajstić information content (AvgIpc) is 2.55. The van der Waals surface area contributed by atoms with E-state index in [0.717, 1.165) is 25.9 Å². The zero-order chi connectivity index (χ0) is 20.0. The molecule has 1 fully saturated rings. The van der Waals surface area contributed by atoms with Crippen LogP contribution < -0.4 is 15.4 Å². The molecule has 1 heterocycles. The minimum Gasteiger partial charge on any atom is -0.495 e. The molecule has 0 unspecified atom stereocenters. The molecule has 150 valence electrons. The van der Waals surface area contributed by atoms with Crippen LogP contribution in [0.4, 0.5) is 10.5 Å². The summed E-state index contributed by atoms with van der Waals surface area (Å²) in [6, 6.07) is 5.15. The van der Waals surface area contributed by atoms with Gasteiger partial charge in [0.2, 0.25) is 5.91 Å². The number of hydrogen-bond acceptors (Lipinski definition) is 5. The van der Waals surface area contributed by atoms with Crippen molar-refractivity contribution >= 4 is 29.3 Å². The second-order valence-corrected chi connectivity index (χ2v) is 8.03. The van der Waals surface area contributed by atoms with E-state index in [4.69, 9.17) is 21.1 Å². The van der Waals surface area contributed by atoms with Crippen molar-refractivity contribution in [2.24, 2.45) is 0 Å². The first-order valence-corrected chi connectivity index (χ1v) is 9.39. The van der Waals surface area contributed by atoms with Crippen LogP contribution in [0.2, 0.25) is 5.02 Å². The fourth-order valence-electron chi connectivity index (χ4n) is 2.88. The number of amides is 2. The van der Waals surface area contributed by atoms with Crippen LogP contribution in [0, 0.1) is 0 Å². The summed E-state index contributed by atoms with van der Waals surface area (Å²) in [7, 11) is 1.54. The molecule has 0 aromatic heterocycles. The van der Waals surface area contributed by atoms with Crippen LogP contribution in [0.15, 0.2) is 18.2 Å². The van der Waals surface area contributed by atoms with E-state index in [-0.39, 0.29) is 18.5 Å². The first-order valence-electron chi connectivity index (χ1n) is 9.01. The van der Waals surface area contributed by atoms with Gasteiger partial charge in [-0.2, -0.15) is 0 Å². The molecular formula is C19H28ClN3O4. The molecule has 0 aliphatic carbocycles. The Kier molecular flexibility index (Phi) is 7.33. The molecule has 2 amide bonds. The summed E-state index contributed by atoms with van der Waals surface area (Å²) >= 11 is 5.98. The molecule has 0 spiro atoms. The predicted molar refractivity (Wildman–Crippen MR) is 105 cm³/mol. The molecule has 1 aliphatic rings.